The first kappa shape index (κ1) is 27.4. The van der Waals surface area contributed by atoms with Crippen LogP contribution in [-0.4, -0.2) is 73.0 Å². The normalized spacial score (nSPS) is 14.9. The van der Waals surface area contributed by atoms with Gasteiger partial charge in [-0.05, 0) is 43.0 Å². The molecular formula is C19H25F3N5NaO4S. The first-order valence-electron chi connectivity index (χ1n) is 9.90. The first-order chi connectivity index (χ1) is 15.0. The molecule has 14 heteroatoms. The van der Waals surface area contributed by atoms with Gasteiger partial charge in [0.15, 0.2) is 0 Å². The molecule has 0 radical (unpaired) electrons. The van der Waals surface area contributed by atoms with Crippen molar-refractivity contribution in [3.05, 3.63) is 41.7 Å². The molecule has 9 nitrogen and oxygen atoms in total. The number of alkyl halides is 3. The van der Waals surface area contributed by atoms with Gasteiger partial charge in [0.05, 0.1) is 23.5 Å². The molecule has 1 aromatic carbocycles. The topological polar surface area (TPSA) is 106 Å². The second kappa shape index (κ2) is 11.1. The quantitative estimate of drug-likeness (QED) is 0.594. The summed E-state index contributed by atoms with van der Waals surface area (Å²) in [5.41, 5.74) is -0.498. The fourth-order valence-electron chi connectivity index (χ4n) is 3.44. The van der Waals surface area contributed by atoms with E-state index in [2.05, 4.69) is 10.4 Å². The summed E-state index contributed by atoms with van der Waals surface area (Å²) in [6, 6.07) is 1.45. The van der Waals surface area contributed by atoms with E-state index in [1.165, 1.54) is 23.1 Å². The molecule has 0 spiro atoms. The van der Waals surface area contributed by atoms with E-state index in [9.17, 15) is 26.4 Å². The number of aryl methyl sites for hydroxylation is 2. The predicted molar refractivity (Wildman–Crippen MR) is 119 cm³/mol. The van der Waals surface area contributed by atoms with E-state index >= 15 is 0 Å². The Labute approximate surface area is 212 Å². The molecule has 2 amide bonds. The molecule has 2 aromatic rings. The first-order valence-corrected chi connectivity index (χ1v) is 11.3. The molecule has 1 aromatic heterocycles. The van der Waals surface area contributed by atoms with E-state index < -0.39 is 34.0 Å². The third-order valence-electron chi connectivity index (χ3n) is 4.94. The van der Waals surface area contributed by atoms with Crippen LogP contribution in [-0.2, 0) is 34.6 Å². The molecule has 1 fully saturated rings. The number of hydrogen-bond acceptors (Lipinski definition) is 5. The van der Waals surface area contributed by atoms with Crippen LogP contribution in [0.3, 0.4) is 0 Å². The molecule has 0 bridgehead atoms. The van der Waals surface area contributed by atoms with E-state index in [0.717, 1.165) is 16.4 Å². The Balaban J connectivity index is 0.00000385. The molecule has 3 rings (SSSR count). The van der Waals surface area contributed by atoms with Crippen LogP contribution in [0.4, 0.5) is 29.3 Å². The van der Waals surface area contributed by atoms with Crippen LogP contribution < -0.4 is 14.3 Å². The summed E-state index contributed by atoms with van der Waals surface area (Å²) in [7, 11) is -2.77. The minimum absolute atomic E-state index is 0. The van der Waals surface area contributed by atoms with Gasteiger partial charge in [0, 0.05) is 32.1 Å². The molecular weight excluding hydrogens is 474 g/mol. The molecule has 0 unspecified atom stereocenters. The number of anilines is 2. The van der Waals surface area contributed by atoms with E-state index in [1.54, 1.807) is 14.0 Å². The van der Waals surface area contributed by atoms with Crippen LogP contribution in [0.2, 0.25) is 0 Å². The number of amides is 2. The van der Waals surface area contributed by atoms with E-state index in [1.807, 2.05) is 4.72 Å². The van der Waals surface area contributed by atoms with Gasteiger partial charge in [-0.25, -0.2) is 13.8 Å². The minimum atomic E-state index is -4.61. The number of urea groups is 1. The zero-order chi connectivity index (χ0) is 23.5. The number of halogens is 3. The molecule has 0 atom stereocenters. The number of carbonyl (C=O) groups excluding carboxylic acids is 1. The molecule has 1 aliphatic heterocycles. The molecule has 0 saturated carbocycles. The standard InChI is InChI=1S/C19H24F3N5O4S.Na.H/c1-3-13-8-14(19(20,21)22)10-15(9-13)24-18(28)25-32(29,30)27(16-4-6-31-7-5-16)17-11-23-26(2)12-17;;/h8-12,16H,3-7H2,1-2H3,(H2,24,25,28);;. The maximum atomic E-state index is 13.1. The zero-order valence-corrected chi connectivity index (χ0v) is 18.3. The van der Waals surface area contributed by atoms with Crippen molar-refractivity contribution < 1.29 is 31.1 Å². The molecule has 0 aliphatic carbocycles. The van der Waals surface area contributed by atoms with Crippen molar-refractivity contribution in [3.63, 3.8) is 0 Å². The van der Waals surface area contributed by atoms with Crippen LogP contribution in [0.5, 0.6) is 0 Å². The van der Waals surface area contributed by atoms with Crippen molar-refractivity contribution in [2.75, 3.05) is 22.8 Å². The number of rotatable bonds is 6. The Morgan fingerprint density at radius 3 is 2.48 bits per heavy atom. The van der Waals surface area contributed by atoms with E-state index in [0.29, 0.717) is 38.0 Å². The molecule has 2 heterocycles. The number of aromatic nitrogens is 2. The van der Waals surface area contributed by atoms with Crippen molar-refractivity contribution >= 4 is 57.2 Å². The Kier molecular flexibility index (Phi) is 9.22. The number of nitrogens with zero attached hydrogens (tertiary/aromatic N) is 3. The third kappa shape index (κ3) is 7.09. The summed E-state index contributed by atoms with van der Waals surface area (Å²) in [5, 5.41) is 6.19. The monoisotopic (exact) mass is 499 g/mol. The fourth-order valence-corrected chi connectivity index (χ4v) is 4.80. The molecule has 2 N–H and O–H groups in total. The molecule has 1 aliphatic rings. The summed E-state index contributed by atoms with van der Waals surface area (Å²) in [5.74, 6) is 0. The van der Waals surface area contributed by atoms with Gasteiger partial charge in [0.25, 0.3) is 0 Å². The van der Waals surface area contributed by atoms with Crippen molar-refractivity contribution in [2.24, 2.45) is 7.05 Å². The van der Waals surface area contributed by atoms with Gasteiger partial charge >= 0.3 is 52.0 Å². The van der Waals surface area contributed by atoms with Gasteiger partial charge in [-0.1, -0.05) is 6.92 Å². The summed E-state index contributed by atoms with van der Waals surface area (Å²) in [4.78, 5) is 12.5. The summed E-state index contributed by atoms with van der Waals surface area (Å²) in [6.45, 7) is 2.38. The van der Waals surface area contributed by atoms with Crippen LogP contribution in [0, 0.1) is 0 Å². The SMILES string of the molecule is CCc1cc(NC(=O)NS(=O)(=O)N(c2cnn(C)c2)C2CCOCC2)cc(C(F)(F)F)c1.[NaH]. The van der Waals surface area contributed by atoms with Crippen molar-refractivity contribution in [1.82, 2.24) is 14.5 Å². The molecule has 178 valence electrons. The van der Waals surface area contributed by atoms with Gasteiger partial charge in [-0.2, -0.15) is 26.7 Å². The zero-order valence-electron chi connectivity index (χ0n) is 17.5. The Morgan fingerprint density at radius 1 is 1.27 bits per heavy atom. The Morgan fingerprint density at radius 2 is 1.94 bits per heavy atom. The second-order valence-corrected chi connectivity index (χ2v) is 8.89. The van der Waals surface area contributed by atoms with Crippen LogP contribution in [0.25, 0.3) is 0 Å². The summed E-state index contributed by atoms with van der Waals surface area (Å²) in [6.07, 6.45) is -0.642. The third-order valence-corrected chi connectivity index (χ3v) is 6.41. The number of ether oxygens (including phenoxy) is 1. The van der Waals surface area contributed by atoms with Crippen molar-refractivity contribution in [1.29, 1.82) is 0 Å². The summed E-state index contributed by atoms with van der Waals surface area (Å²) < 4.78 is 75.3. The van der Waals surface area contributed by atoms with Gasteiger partial charge in [0.2, 0.25) is 0 Å². The predicted octanol–water partition coefficient (Wildman–Crippen LogP) is 2.40. The number of carbonyl (C=O) groups is 1. The summed E-state index contributed by atoms with van der Waals surface area (Å²) >= 11 is 0. The van der Waals surface area contributed by atoms with Crippen molar-refractivity contribution in [3.8, 4) is 0 Å². The van der Waals surface area contributed by atoms with Crippen molar-refractivity contribution in [2.45, 2.75) is 38.4 Å². The van der Waals surface area contributed by atoms with Gasteiger partial charge in [-0.15, -0.1) is 0 Å². The Bertz CT molecular complexity index is 1070. The van der Waals surface area contributed by atoms with Crippen LogP contribution in [0.1, 0.15) is 30.9 Å². The van der Waals surface area contributed by atoms with E-state index in [4.69, 9.17) is 4.74 Å². The molecule has 1 saturated heterocycles. The average molecular weight is 499 g/mol. The van der Waals surface area contributed by atoms with Crippen LogP contribution in [0.15, 0.2) is 30.6 Å². The number of hydrogen-bond donors (Lipinski definition) is 2. The second-order valence-electron chi connectivity index (χ2n) is 7.34. The van der Waals surface area contributed by atoms with Gasteiger partial charge < -0.3 is 10.1 Å². The maximum absolute atomic E-state index is 13.1. The fraction of sp³-hybridized carbons (Fsp3) is 0.474. The van der Waals surface area contributed by atoms with Gasteiger partial charge in [0.1, 0.15) is 0 Å². The Hall–Kier alpha value is -1.80. The molecule has 33 heavy (non-hydrogen) atoms. The van der Waals surface area contributed by atoms with E-state index in [-0.39, 0.29) is 40.9 Å². The average Bonchev–Trinajstić information content (AvgIpc) is 3.12. The van der Waals surface area contributed by atoms with Crippen LogP contribution >= 0.6 is 0 Å². The number of benzene rings is 1. The van der Waals surface area contributed by atoms with Gasteiger partial charge in [-0.3, -0.25) is 4.68 Å². The number of nitrogens with one attached hydrogen (secondary N) is 2.